The Morgan fingerprint density at radius 1 is 1.35 bits per heavy atom. The number of hydrogen-bond acceptors (Lipinski definition) is 3. The van der Waals surface area contributed by atoms with Crippen molar-refractivity contribution < 1.29 is 14.3 Å². The van der Waals surface area contributed by atoms with E-state index in [-0.39, 0.29) is 16.2 Å². The lowest BCUT2D eigenvalue weighted by molar-refractivity contribution is 0.0698. The number of carbonyl (C=O) groups is 1. The lowest BCUT2D eigenvalue weighted by Gasteiger charge is -1.98. The number of pyridine rings is 1. The number of carboxylic acids is 1. The van der Waals surface area contributed by atoms with E-state index >= 15 is 0 Å². The van der Waals surface area contributed by atoms with Gasteiger partial charge in [0.2, 0.25) is 0 Å². The maximum atomic E-state index is 13.1. The number of imidazole rings is 1. The average molecular weight is 292 g/mol. The molecule has 0 saturated carbocycles. The van der Waals surface area contributed by atoms with Gasteiger partial charge in [-0.3, -0.25) is 0 Å². The van der Waals surface area contributed by atoms with Gasteiger partial charge >= 0.3 is 5.97 Å². The smallest absolute Gasteiger partial charge is 0.338 e. The normalized spacial score (nSPS) is 10.9. The number of aromatic nitrogens is 3. The van der Waals surface area contributed by atoms with Crippen LogP contribution in [-0.4, -0.2) is 26.0 Å². The summed E-state index contributed by atoms with van der Waals surface area (Å²) in [5.74, 6) is -1.23. The number of rotatable bonds is 2. The molecule has 20 heavy (non-hydrogen) atoms. The number of fused-ring (bicyclic) bond motifs is 1. The summed E-state index contributed by atoms with van der Waals surface area (Å²) in [6.45, 7) is 0. The van der Waals surface area contributed by atoms with Crippen molar-refractivity contribution in [3.05, 3.63) is 46.9 Å². The Hall–Kier alpha value is -2.47. The highest BCUT2D eigenvalue weighted by atomic mass is 35.5. The van der Waals surface area contributed by atoms with Crippen molar-refractivity contribution in [2.45, 2.75) is 0 Å². The van der Waals surface area contributed by atoms with Crippen LogP contribution in [0.1, 0.15) is 10.4 Å². The Balaban J connectivity index is 2.20. The molecule has 2 heterocycles. The van der Waals surface area contributed by atoms with Crippen molar-refractivity contribution in [1.82, 2.24) is 15.0 Å². The van der Waals surface area contributed by atoms with Crippen LogP contribution in [0.2, 0.25) is 5.02 Å². The van der Waals surface area contributed by atoms with Crippen LogP contribution >= 0.6 is 11.6 Å². The number of hydrogen-bond donors (Lipinski definition) is 2. The predicted molar refractivity (Wildman–Crippen MR) is 71.3 cm³/mol. The van der Waals surface area contributed by atoms with Crippen molar-refractivity contribution in [2.24, 2.45) is 0 Å². The van der Waals surface area contributed by atoms with Gasteiger partial charge in [-0.25, -0.2) is 19.2 Å². The van der Waals surface area contributed by atoms with Crippen LogP contribution in [0.15, 0.2) is 30.5 Å². The number of nitrogens with zero attached hydrogens (tertiary/aromatic N) is 2. The third-order valence-corrected chi connectivity index (χ3v) is 3.11. The summed E-state index contributed by atoms with van der Waals surface area (Å²) in [5, 5.41) is 9.06. The van der Waals surface area contributed by atoms with Gasteiger partial charge in [-0.05, 0) is 24.3 Å². The van der Waals surface area contributed by atoms with Crippen LogP contribution in [0.5, 0.6) is 0 Å². The Morgan fingerprint density at radius 3 is 2.85 bits per heavy atom. The van der Waals surface area contributed by atoms with Gasteiger partial charge in [-0.2, -0.15) is 0 Å². The summed E-state index contributed by atoms with van der Waals surface area (Å²) < 4.78 is 13.1. The second kappa shape index (κ2) is 4.57. The molecule has 0 unspecified atom stereocenters. The van der Waals surface area contributed by atoms with Crippen molar-refractivity contribution in [2.75, 3.05) is 0 Å². The van der Waals surface area contributed by atoms with Gasteiger partial charge in [0.1, 0.15) is 11.6 Å². The van der Waals surface area contributed by atoms with Crippen LogP contribution < -0.4 is 0 Å². The first-order chi connectivity index (χ1) is 9.56. The molecule has 2 aromatic heterocycles. The summed E-state index contributed by atoms with van der Waals surface area (Å²) >= 11 is 5.72. The molecule has 7 heteroatoms. The fraction of sp³-hybridized carbons (Fsp3) is 0. The minimum Gasteiger partial charge on any atom is -0.478 e. The number of halogens is 2. The molecule has 0 aliphatic heterocycles. The molecule has 0 amide bonds. The second-order valence-electron chi connectivity index (χ2n) is 4.08. The van der Waals surface area contributed by atoms with E-state index in [0.29, 0.717) is 16.9 Å². The van der Waals surface area contributed by atoms with E-state index in [1.165, 1.54) is 30.5 Å². The summed E-state index contributed by atoms with van der Waals surface area (Å²) in [6.07, 6.45) is 1.37. The number of aromatic carboxylic acids is 1. The highest BCUT2D eigenvalue weighted by Gasteiger charge is 2.14. The standard InChI is InChI=1S/C13H7ClFN3O2/c14-8-5-6(1-2-9(8)15)11-17-10-7(13(19)20)3-4-16-12(10)18-11/h1-5H,(H,19,20)(H,16,17,18). The van der Waals surface area contributed by atoms with Gasteiger partial charge < -0.3 is 10.1 Å². The minimum atomic E-state index is -1.08. The van der Waals surface area contributed by atoms with Gasteiger partial charge in [0.05, 0.1) is 16.1 Å². The SMILES string of the molecule is O=C(O)c1ccnc2nc(-c3ccc(F)c(Cl)c3)[nH]c12. The molecule has 0 radical (unpaired) electrons. The Labute approximate surface area is 117 Å². The molecule has 5 nitrogen and oxygen atoms in total. The number of benzene rings is 1. The molecular formula is C13H7ClFN3O2. The van der Waals surface area contributed by atoms with Crippen LogP contribution in [0.25, 0.3) is 22.6 Å². The van der Waals surface area contributed by atoms with Gasteiger partial charge in [0, 0.05) is 11.8 Å². The molecule has 0 spiro atoms. The maximum absolute atomic E-state index is 13.1. The van der Waals surface area contributed by atoms with Crippen molar-refractivity contribution in [3.63, 3.8) is 0 Å². The molecule has 3 rings (SSSR count). The van der Waals surface area contributed by atoms with Crippen molar-refractivity contribution >= 4 is 28.7 Å². The summed E-state index contributed by atoms with van der Waals surface area (Å²) in [6, 6.07) is 5.51. The van der Waals surface area contributed by atoms with Crippen LogP contribution in [0, 0.1) is 5.82 Å². The summed E-state index contributed by atoms with van der Waals surface area (Å²) in [7, 11) is 0. The number of carboxylic acid groups (broad SMARTS) is 1. The molecular weight excluding hydrogens is 285 g/mol. The topological polar surface area (TPSA) is 78.9 Å². The number of nitrogens with one attached hydrogen (secondary N) is 1. The molecule has 0 saturated heterocycles. The highest BCUT2D eigenvalue weighted by molar-refractivity contribution is 6.31. The van der Waals surface area contributed by atoms with Gasteiger partial charge in [0.25, 0.3) is 0 Å². The molecule has 0 aliphatic carbocycles. The quantitative estimate of drug-likeness (QED) is 0.760. The van der Waals surface area contributed by atoms with E-state index in [1.54, 1.807) is 0 Å². The van der Waals surface area contributed by atoms with Gasteiger partial charge in [-0.15, -0.1) is 0 Å². The molecule has 100 valence electrons. The van der Waals surface area contributed by atoms with E-state index in [9.17, 15) is 9.18 Å². The molecule has 0 atom stereocenters. The van der Waals surface area contributed by atoms with Crippen molar-refractivity contribution in [3.8, 4) is 11.4 Å². The van der Waals surface area contributed by atoms with E-state index < -0.39 is 11.8 Å². The predicted octanol–water partition coefficient (Wildman–Crippen LogP) is 3.12. The molecule has 3 aromatic rings. The van der Waals surface area contributed by atoms with E-state index in [4.69, 9.17) is 16.7 Å². The zero-order chi connectivity index (χ0) is 14.3. The molecule has 0 aliphatic rings. The van der Waals surface area contributed by atoms with Crippen LogP contribution in [0.4, 0.5) is 4.39 Å². The third-order valence-electron chi connectivity index (χ3n) is 2.82. The summed E-state index contributed by atoms with van der Waals surface area (Å²) in [4.78, 5) is 22.2. The molecule has 1 aromatic carbocycles. The number of H-pyrrole nitrogens is 1. The van der Waals surface area contributed by atoms with E-state index in [0.717, 1.165) is 0 Å². The van der Waals surface area contributed by atoms with Crippen LogP contribution in [-0.2, 0) is 0 Å². The Morgan fingerprint density at radius 2 is 2.15 bits per heavy atom. The fourth-order valence-electron chi connectivity index (χ4n) is 1.87. The van der Waals surface area contributed by atoms with E-state index in [1.807, 2.05) is 0 Å². The van der Waals surface area contributed by atoms with Gasteiger partial charge in [-0.1, -0.05) is 11.6 Å². The largest absolute Gasteiger partial charge is 0.478 e. The first-order valence-electron chi connectivity index (χ1n) is 5.59. The lowest BCUT2D eigenvalue weighted by atomic mass is 10.2. The highest BCUT2D eigenvalue weighted by Crippen LogP contribution is 2.25. The van der Waals surface area contributed by atoms with Crippen molar-refractivity contribution in [1.29, 1.82) is 0 Å². The number of aromatic amines is 1. The first-order valence-corrected chi connectivity index (χ1v) is 5.97. The minimum absolute atomic E-state index is 0.0330. The average Bonchev–Trinajstić information content (AvgIpc) is 2.85. The molecule has 0 bridgehead atoms. The van der Waals surface area contributed by atoms with E-state index in [2.05, 4.69) is 15.0 Å². The Kier molecular flexibility index (Phi) is 2.87. The maximum Gasteiger partial charge on any atom is 0.338 e. The zero-order valence-corrected chi connectivity index (χ0v) is 10.6. The Bertz CT molecular complexity index is 832. The molecule has 2 N–H and O–H groups in total. The zero-order valence-electron chi connectivity index (χ0n) is 9.89. The third kappa shape index (κ3) is 2.00. The summed E-state index contributed by atoms with van der Waals surface area (Å²) in [5.41, 5.74) is 1.21. The monoisotopic (exact) mass is 291 g/mol. The van der Waals surface area contributed by atoms with Crippen LogP contribution in [0.3, 0.4) is 0 Å². The lowest BCUT2D eigenvalue weighted by Crippen LogP contribution is -1.97. The first kappa shape index (κ1) is 12.6. The fourth-order valence-corrected chi connectivity index (χ4v) is 2.05. The second-order valence-corrected chi connectivity index (χ2v) is 4.48. The van der Waals surface area contributed by atoms with Gasteiger partial charge in [0.15, 0.2) is 5.65 Å². The molecule has 0 fully saturated rings.